The predicted octanol–water partition coefficient (Wildman–Crippen LogP) is 2.16. The van der Waals surface area contributed by atoms with Gasteiger partial charge >= 0.3 is 0 Å². The molecule has 1 aromatic heterocycles. The van der Waals surface area contributed by atoms with Crippen LogP contribution in [-0.4, -0.2) is 21.3 Å². The first kappa shape index (κ1) is 13.8. The summed E-state index contributed by atoms with van der Waals surface area (Å²) in [6.07, 6.45) is 1.65. The van der Waals surface area contributed by atoms with Crippen molar-refractivity contribution in [2.75, 3.05) is 6.54 Å². The van der Waals surface area contributed by atoms with Crippen molar-refractivity contribution in [2.24, 2.45) is 7.05 Å². The molecule has 1 N–H and O–H groups in total. The van der Waals surface area contributed by atoms with Crippen LogP contribution in [-0.2, 0) is 20.2 Å². The molecule has 0 aliphatic carbocycles. The zero-order valence-electron chi connectivity index (χ0n) is 11.1. The molecule has 0 amide bonds. The lowest BCUT2D eigenvalue weighted by molar-refractivity contribution is 0.287. The summed E-state index contributed by atoms with van der Waals surface area (Å²) in [4.78, 5) is 0. The van der Waals surface area contributed by atoms with Gasteiger partial charge in [-0.15, -0.1) is 10.2 Å². The van der Waals surface area contributed by atoms with E-state index in [4.69, 9.17) is 16.3 Å². The molecule has 0 saturated heterocycles. The van der Waals surface area contributed by atoms with Crippen LogP contribution in [0.1, 0.15) is 18.3 Å². The first-order valence-electron chi connectivity index (χ1n) is 6.16. The third-order valence-electron chi connectivity index (χ3n) is 2.79. The fourth-order valence-corrected chi connectivity index (χ4v) is 1.91. The zero-order valence-corrected chi connectivity index (χ0v) is 11.8. The lowest BCUT2D eigenvalue weighted by atomic mass is 10.2. The Balaban J connectivity index is 2.11. The maximum Gasteiger partial charge on any atom is 0.170 e. The fourth-order valence-electron chi connectivity index (χ4n) is 1.68. The Morgan fingerprint density at radius 2 is 2.26 bits per heavy atom. The molecule has 6 heteroatoms. The van der Waals surface area contributed by atoms with Crippen LogP contribution in [0.15, 0.2) is 24.5 Å². The molecule has 2 aromatic rings. The number of nitrogens with zero attached hydrogens (tertiary/aromatic N) is 3. The van der Waals surface area contributed by atoms with Gasteiger partial charge in [0.15, 0.2) is 5.82 Å². The Hall–Kier alpha value is -1.59. The maximum atomic E-state index is 6.20. The lowest BCUT2D eigenvalue weighted by Gasteiger charge is -2.13. The fraction of sp³-hybridized carbons (Fsp3) is 0.385. The van der Waals surface area contributed by atoms with E-state index in [1.54, 1.807) is 6.33 Å². The number of hydrogen-bond donors (Lipinski definition) is 1. The number of hydrogen-bond acceptors (Lipinski definition) is 4. The Kier molecular flexibility index (Phi) is 4.76. The van der Waals surface area contributed by atoms with Crippen molar-refractivity contribution in [2.45, 2.75) is 20.1 Å². The van der Waals surface area contributed by atoms with Crippen molar-refractivity contribution in [1.29, 1.82) is 0 Å². The Morgan fingerprint density at radius 1 is 1.42 bits per heavy atom. The van der Waals surface area contributed by atoms with E-state index in [1.165, 1.54) is 0 Å². The second kappa shape index (κ2) is 6.54. The molecule has 0 aliphatic rings. The van der Waals surface area contributed by atoms with Crippen molar-refractivity contribution >= 4 is 11.6 Å². The maximum absolute atomic E-state index is 6.20. The minimum Gasteiger partial charge on any atom is -0.485 e. The molecule has 1 heterocycles. The molecule has 1 aromatic carbocycles. The number of nitrogens with one attached hydrogen (secondary N) is 1. The van der Waals surface area contributed by atoms with Crippen LogP contribution in [0, 0.1) is 0 Å². The number of aryl methyl sites for hydroxylation is 1. The normalized spacial score (nSPS) is 10.7. The predicted molar refractivity (Wildman–Crippen MR) is 74.2 cm³/mol. The van der Waals surface area contributed by atoms with Gasteiger partial charge in [-0.25, -0.2) is 0 Å². The molecule has 0 aliphatic heterocycles. The molecule has 0 bridgehead atoms. The largest absolute Gasteiger partial charge is 0.485 e. The highest BCUT2D eigenvalue weighted by atomic mass is 35.5. The average molecular weight is 281 g/mol. The van der Waals surface area contributed by atoms with E-state index in [9.17, 15) is 0 Å². The average Bonchev–Trinajstić information content (AvgIpc) is 2.81. The molecule has 102 valence electrons. The summed E-state index contributed by atoms with van der Waals surface area (Å²) in [5, 5.41) is 11.8. The smallest absolute Gasteiger partial charge is 0.170 e. The molecule has 19 heavy (non-hydrogen) atoms. The van der Waals surface area contributed by atoms with Gasteiger partial charge in [-0.2, -0.15) is 0 Å². The molecule has 0 spiro atoms. The molecule has 5 nitrogen and oxygen atoms in total. The SMILES string of the molecule is CCNCc1c(Cl)cccc1OCc1nncn1C. The molecule has 0 atom stereocenters. The van der Waals surface area contributed by atoms with Gasteiger partial charge in [0.25, 0.3) is 0 Å². The monoisotopic (exact) mass is 280 g/mol. The van der Waals surface area contributed by atoms with Crippen molar-refractivity contribution in [3.63, 3.8) is 0 Å². The van der Waals surface area contributed by atoms with Crippen LogP contribution in [0.3, 0.4) is 0 Å². The van der Waals surface area contributed by atoms with E-state index >= 15 is 0 Å². The van der Waals surface area contributed by atoms with E-state index in [0.717, 1.165) is 23.7 Å². The van der Waals surface area contributed by atoms with Gasteiger partial charge in [0.1, 0.15) is 18.7 Å². The van der Waals surface area contributed by atoms with E-state index in [2.05, 4.69) is 22.4 Å². The zero-order chi connectivity index (χ0) is 13.7. The van der Waals surface area contributed by atoms with Crippen LogP contribution in [0.2, 0.25) is 5.02 Å². The van der Waals surface area contributed by atoms with Gasteiger partial charge in [-0.05, 0) is 18.7 Å². The highest BCUT2D eigenvalue weighted by molar-refractivity contribution is 6.31. The Labute approximate surface area is 117 Å². The third kappa shape index (κ3) is 3.45. The van der Waals surface area contributed by atoms with Crippen molar-refractivity contribution in [3.8, 4) is 5.75 Å². The summed E-state index contributed by atoms with van der Waals surface area (Å²) in [5.74, 6) is 1.55. The van der Waals surface area contributed by atoms with Crippen LogP contribution in [0.5, 0.6) is 5.75 Å². The van der Waals surface area contributed by atoms with Gasteiger partial charge in [-0.1, -0.05) is 24.6 Å². The van der Waals surface area contributed by atoms with Crippen molar-refractivity contribution in [3.05, 3.63) is 40.9 Å². The number of ether oxygens (including phenoxy) is 1. The van der Waals surface area contributed by atoms with Crippen molar-refractivity contribution < 1.29 is 4.74 Å². The standard InChI is InChI=1S/C13H17ClN4O/c1-3-15-7-10-11(14)5-4-6-12(10)19-8-13-17-16-9-18(13)2/h4-6,9,15H,3,7-8H2,1-2H3. The molecule has 2 rings (SSSR count). The summed E-state index contributed by atoms with van der Waals surface area (Å²) in [6, 6.07) is 5.65. The quantitative estimate of drug-likeness (QED) is 0.881. The van der Waals surface area contributed by atoms with E-state index in [-0.39, 0.29) is 0 Å². The summed E-state index contributed by atoms with van der Waals surface area (Å²) < 4.78 is 7.62. The number of rotatable bonds is 6. The van der Waals surface area contributed by atoms with E-state index < -0.39 is 0 Å². The van der Waals surface area contributed by atoms with Crippen LogP contribution >= 0.6 is 11.6 Å². The molecular formula is C13H17ClN4O. The first-order valence-corrected chi connectivity index (χ1v) is 6.54. The van der Waals surface area contributed by atoms with Crippen LogP contribution < -0.4 is 10.1 Å². The van der Waals surface area contributed by atoms with Gasteiger partial charge in [-0.3, -0.25) is 0 Å². The number of aromatic nitrogens is 3. The summed E-state index contributed by atoms with van der Waals surface area (Å²) in [7, 11) is 1.89. The Morgan fingerprint density at radius 3 is 2.95 bits per heavy atom. The van der Waals surface area contributed by atoms with E-state index in [1.807, 2.05) is 29.8 Å². The van der Waals surface area contributed by atoms with Gasteiger partial charge in [0.2, 0.25) is 0 Å². The molecule has 0 unspecified atom stereocenters. The molecular weight excluding hydrogens is 264 g/mol. The second-order valence-corrected chi connectivity index (χ2v) is 4.55. The second-order valence-electron chi connectivity index (χ2n) is 4.14. The third-order valence-corrected chi connectivity index (χ3v) is 3.14. The summed E-state index contributed by atoms with van der Waals surface area (Å²) in [6.45, 7) is 3.99. The number of benzene rings is 1. The lowest BCUT2D eigenvalue weighted by Crippen LogP contribution is -2.13. The first-order chi connectivity index (χ1) is 9.22. The van der Waals surface area contributed by atoms with Gasteiger partial charge < -0.3 is 14.6 Å². The van der Waals surface area contributed by atoms with Crippen molar-refractivity contribution in [1.82, 2.24) is 20.1 Å². The highest BCUT2D eigenvalue weighted by Crippen LogP contribution is 2.26. The molecule has 0 fully saturated rings. The molecule has 0 saturated carbocycles. The minimum absolute atomic E-state index is 0.371. The van der Waals surface area contributed by atoms with Crippen LogP contribution in [0.4, 0.5) is 0 Å². The minimum atomic E-state index is 0.371. The summed E-state index contributed by atoms with van der Waals surface area (Å²) in [5.41, 5.74) is 0.966. The van der Waals surface area contributed by atoms with Gasteiger partial charge in [0, 0.05) is 24.2 Å². The highest BCUT2D eigenvalue weighted by Gasteiger charge is 2.09. The Bertz CT molecular complexity index is 541. The topological polar surface area (TPSA) is 52.0 Å². The van der Waals surface area contributed by atoms with E-state index in [0.29, 0.717) is 18.2 Å². The summed E-state index contributed by atoms with van der Waals surface area (Å²) >= 11 is 6.20. The van der Waals surface area contributed by atoms with Crippen LogP contribution in [0.25, 0.3) is 0 Å². The van der Waals surface area contributed by atoms with Gasteiger partial charge in [0.05, 0.1) is 0 Å². The number of halogens is 1. The molecule has 0 radical (unpaired) electrons.